The summed E-state index contributed by atoms with van der Waals surface area (Å²) in [5, 5.41) is 3.46. The van der Waals surface area contributed by atoms with Crippen LogP contribution in [0.5, 0.6) is 5.75 Å². The predicted octanol–water partition coefficient (Wildman–Crippen LogP) is 2.02. The fourth-order valence-electron chi connectivity index (χ4n) is 2.23. The van der Waals surface area contributed by atoms with E-state index in [0.29, 0.717) is 11.8 Å². The lowest BCUT2D eigenvalue weighted by Crippen LogP contribution is -2.50. The van der Waals surface area contributed by atoms with Crippen LogP contribution < -0.4 is 15.0 Å². The summed E-state index contributed by atoms with van der Waals surface area (Å²) in [5.74, 6) is 0.356. The quantitative estimate of drug-likeness (QED) is 0.872. The average Bonchev–Trinajstić information content (AvgIpc) is 2.38. The first kappa shape index (κ1) is 12.2. The van der Waals surface area contributed by atoms with Gasteiger partial charge in [-0.3, -0.25) is 0 Å². The van der Waals surface area contributed by atoms with Gasteiger partial charge in [0.15, 0.2) is 0 Å². The molecule has 0 aromatic heterocycles. The van der Waals surface area contributed by atoms with Crippen LogP contribution in [-0.4, -0.2) is 32.8 Å². The molecule has 0 spiro atoms. The van der Waals surface area contributed by atoms with E-state index in [2.05, 4.69) is 17.1 Å². The summed E-state index contributed by atoms with van der Waals surface area (Å²) in [4.78, 5) is 2.25. The second kappa shape index (κ2) is 5.36. The van der Waals surface area contributed by atoms with Crippen LogP contribution in [0, 0.1) is 5.82 Å². The van der Waals surface area contributed by atoms with Crippen LogP contribution >= 0.6 is 0 Å². The van der Waals surface area contributed by atoms with Gasteiger partial charge in [0.25, 0.3) is 0 Å². The van der Waals surface area contributed by atoms with Crippen LogP contribution in [-0.2, 0) is 0 Å². The van der Waals surface area contributed by atoms with Gasteiger partial charge in [0.1, 0.15) is 11.6 Å². The zero-order valence-corrected chi connectivity index (χ0v) is 10.4. The summed E-state index contributed by atoms with van der Waals surface area (Å²) in [6.45, 7) is 5.00. The van der Waals surface area contributed by atoms with Gasteiger partial charge in [0.2, 0.25) is 0 Å². The molecule has 1 N–H and O–H groups in total. The van der Waals surface area contributed by atoms with Crippen molar-refractivity contribution in [2.45, 2.75) is 19.4 Å². The summed E-state index contributed by atoms with van der Waals surface area (Å²) < 4.78 is 18.4. The Morgan fingerprint density at radius 1 is 1.53 bits per heavy atom. The Kier molecular flexibility index (Phi) is 3.84. The molecule has 17 heavy (non-hydrogen) atoms. The minimum Gasteiger partial charge on any atom is -0.494 e. The van der Waals surface area contributed by atoms with Crippen LogP contribution in [0.2, 0.25) is 0 Å². The Balaban J connectivity index is 2.20. The highest BCUT2D eigenvalue weighted by Gasteiger charge is 2.20. The van der Waals surface area contributed by atoms with Crippen LogP contribution in [0.1, 0.15) is 13.3 Å². The molecule has 1 aromatic carbocycles. The van der Waals surface area contributed by atoms with Crippen LogP contribution in [0.15, 0.2) is 18.2 Å². The predicted molar refractivity (Wildman–Crippen MR) is 67.2 cm³/mol. The van der Waals surface area contributed by atoms with Gasteiger partial charge in [-0.15, -0.1) is 0 Å². The van der Waals surface area contributed by atoms with Gasteiger partial charge in [-0.1, -0.05) is 6.92 Å². The Hall–Kier alpha value is -1.29. The van der Waals surface area contributed by atoms with Crippen molar-refractivity contribution in [3.8, 4) is 5.75 Å². The molecule has 1 saturated heterocycles. The Morgan fingerprint density at radius 2 is 2.35 bits per heavy atom. The third kappa shape index (κ3) is 2.69. The Bertz CT molecular complexity index is 384. The molecule has 1 aliphatic rings. The second-order valence-electron chi connectivity index (χ2n) is 4.32. The third-order valence-corrected chi connectivity index (χ3v) is 3.23. The minimum atomic E-state index is -0.257. The molecule has 0 amide bonds. The fourth-order valence-corrected chi connectivity index (χ4v) is 2.23. The highest BCUT2D eigenvalue weighted by atomic mass is 19.1. The van der Waals surface area contributed by atoms with Gasteiger partial charge in [-0.05, 0) is 18.6 Å². The number of nitrogens with one attached hydrogen (secondary N) is 1. The molecule has 0 aliphatic carbocycles. The van der Waals surface area contributed by atoms with Crippen molar-refractivity contribution in [3.63, 3.8) is 0 Å². The lowest BCUT2D eigenvalue weighted by atomic mass is 10.1. The highest BCUT2D eigenvalue weighted by Crippen LogP contribution is 2.29. The number of anilines is 1. The van der Waals surface area contributed by atoms with E-state index in [1.807, 2.05) is 0 Å². The zero-order valence-electron chi connectivity index (χ0n) is 10.4. The minimum absolute atomic E-state index is 0.257. The normalized spacial score (nSPS) is 20.4. The fraction of sp³-hybridized carbons (Fsp3) is 0.538. The number of ether oxygens (including phenoxy) is 1. The topological polar surface area (TPSA) is 24.5 Å². The van der Waals surface area contributed by atoms with Crippen molar-refractivity contribution in [3.05, 3.63) is 24.0 Å². The molecule has 0 saturated carbocycles. The molecule has 0 bridgehead atoms. The molecule has 1 aliphatic heterocycles. The number of rotatable bonds is 3. The van der Waals surface area contributed by atoms with Crippen molar-refractivity contribution in [1.29, 1.82) is 0 Å². The lowest BCUT2D eigenvalue weighted by Gasteiger charge is -2.35. The maximum Gasteiger partial charge on any atom is 0.145 e. The van der Waals surface area contributed by atoms with Crippen molar-refractivity contribution < 1.29 is 9.13 Å². The molecule has 4 heteroatoms. The van der Waals surface area contributed by atoms with Crippen molar-refractivity contribution in [2.75, 3.05) is 31.6 Å². The number of hydrogen-bond donors (Lipinski definition) is 1. The third-order valence-electron chi connectivity index (χ3n) is 3.23. The van der Waals surface area contributed by atoms with Crippen LogP contribution in [0.3, 0.4) is 0 Å². The van der Waals surface area contributed by atoms with E-state index in [9.17, 15) is 4.39 Å². The molecule has 1 fully saturated rings. The van der Waals surface area contributed by atoms with E-state index in [0.717, 1.165) is 31.7 Å². The number of hydrogen-bond acceptors (Lipinski definition) is 3. The van der Waals surface area contributed by atoms with Crippen molar-refractivity contribution in [2.24, 2.45) is 0 Å². The lowest BCUT2D eigenvalue weighted by molar-refractivity contribution is 0.403. The molecule has 1 unspecified atom stereocenters. The first-order valence-corrected chi connectivity index (χ1v) is 6.06. The van der Waals surface area contributed by atoms with E-state index in [1.165, 1.54) is 12.1 Å². The summed E-state index contributed by atoms with van der Waals surface area (Å²) in [5.41, 5.74) is 0.980. The van der Waals surface area contributed by atoms with E-state index in [4.69, 9.17) is 4.74 Å². The molecule has 0 radical (unpaired) electrons. The van der Waals surface area contributed by atoms with Crippen LogP contribution in [0.25, 0.3) is 0 Å². The Labute approximate surface area is 102 Å². The standard InChI is InChI=1S/C13H19FN2O/c1-3-11-9-16(7-6-15-11)12-5-4-10(14)8-13(12)17-2/h4-5,8,11,15H,3,6-7,9H2,1-2H3. The number of halogens is 1. The number of nitrogens with zero attached hydrogens (tertiary/aromatic N) is 1. The molecular formula is C13H19FN2O. The Morgan fingerprint density at radius 3 is 3.06 bits per heavy atom. The molecule has 1 atom stereocenters. The number of methoxy groups -OCH3 is 1. The largest absolute Gasteiger partial charge is 0.494 e. The smallest absolute Gasteiger partial charge is 0.145 e. The molecule has 94 valence electrons. The van der Waals surface area contributed by atoms with Gasteiger partial charge in [-0.2, -0.15) is 0 Å². The maximum atomic E-state index is 13.1. The molecule has 2 rings (SSSR count). The first-order chi connectivity index (χ1) is 8.24. The van der Waals surface area contributed by atoms with Gasteiger partial charge < -0.3 is 15.0 Å². The summed E-state index contributed by atoms with van der Waals surface area (Å²) >= 11 is 0. The van der Waals surface area contributed by atoms with Gasteiger partial charge in [0, 0.05) is 31.7 Å². The second-order valence-corrected chi connectivity index (χ2v) is 4.32. The SMILES string of the molecule is CCC1CN(c2ccc(F)cc2OC)CCN1. The van der Waals surface area contributed by atoms with E-state index < -0.39 is 0 Å². The van der Waals surface area contributed by atoms with Gasteiger partial charge in [-0.25, -0.2) is 4.39 Å². The van der Waals surface area contributed by atoms with E-state index in [1.54, 1.807) is 13.2 Å². The summed E-state index contributed by atoms with van der Waals surface area (Å²) in [6.07, 6.45) is 1.10. The summed E-state index contributed by atoms with van der Waals surface area (Å²) in [7, 11) is 1.58. The van der Waals surface area contributed by atoms with Crippen molar-refractivity contribution >= 4 is 5.69 Å². The van der Waals surface area contributed by atoms with E-state index in [-0.39, 0.29) is 5.82 Å². The average molecular weight is 238 g/mol. The zero-order chi connectivity index (χ0) is 12.3. The first-order valence-electron chi connectivity index (χ1n) is 6.06. The van der Waals surface area contributed by atoms with Gasteiger partial charge in [0.05, 0.1) is 12.8 Å². The molecule has 3 nitrogen and oxygen atoms in total. The van der Waals surface area contributed by atoms with Gasteiger partial charge >= 0.3 is 0 Å². The van der Waals surface area contributed by atoms with E-state index >= 15 is 0 Å². The maximum absolute atomic E-state index is 13.1. The molecule has 1 heterocycles. The van der Waals surface area contributed by atoms with Crippen LogP contribution in [0.4, 0.5) is 10.1 Å². The number of piperazine rings is 1. The number of benzene rings is 1. The molecular weight excluding hydrogens is 219 g/mol. The summed E-state index contributed by atoms with van der Waals surface area (Å²) in [6, 6.07) is 5.23. The monoisotopic (exact) mass is 238 g/mol. The van der Waals surface area contributed by atoms with Crippen molar-refractivity contribution in [1.82, 2.24) is 5.32 Å². The molecule has 1 aromatic rings. The highest BCUT2D eigenvalue weighted by molar-refractivity contribution is 5.59.